The molecule has 26 heavy (non-hydrogen) atoms. The van der Waals surface area contributed by atoms with Crippen molar-refractivity contribution in [3.8, 4) is 0 Å². The van der Waals surface area contributed by atoms with Gasteiger partial charge in [0, 0.05) is 13.1 Å². The Morgan fingerprint density at radius 2 is 1.19 bits per heavy atom. The molecule has 4 nitrogen and oxygen atoms in total. The molecule has 156 valence electrons. The summed E-state index contributed by atoms with van der Waals surface area (Å²) in [5, 5.41) is 2.86. The van der Waals surface area contributed by atoms with Gasteiger partial charge < -0.3 is 5.32 Å². The normalized spacial score (nSPS) is 12.2. The molecule has 0 saturated carbocycles. The molecule has 0 spiro atoms. The van der Waals surface area contributed by atoms with Crippen LogP contribution < -0.4 is 10.0 Å². The van der Waals surface area contributed by atoms with Gasteiger partial charge in [-0.15, -0.1) is 0 Å². The fourth-order valence-corrected chi connectivity index (χ4v) is 3.98. The van der Waals surface area contributed by atoms with E-state index < -0.39 is 10.0 Å². The second kappa shape index (κ2) is 19.4. The third kappa shape index (κ3) is 19.9. The lowest BCUT2D eigenvalue weighted by Gasteiger charge is -2.06. The molecule has 0 radical (unpaired) electrons. The Kier molecular flexibility index (Phi) is 19.1. The molecule has 0 aromatic carbocycles. The van der Waals surface area contributed by atoms with Crippen molar-refractivity contribution in [1.82, 2.24) is 10.0 Å². The summed E-state index contributed by atoms with van der Waals surface area (Å²) >= 11 is 0. The lowest BCUT2D eigenvalue weighted by molar-refractivity contribution is 0.564. The van der Waals surface area contributed by atoms with E-state index in [1.807, 2.05) is 0 Å². The molecule has 0 aliphatic carbocycles. The SMILES string of the molecule is CCCCCCCC/C=C\CCCCCCCCNS(=O)(=O)CCNC. The van der Waals surface area contributed by atoms with E-state index in [9.17, 15) is 8.42 Å². The molecule has 0 aromatic heterocycles. The van der Waals surface area contributed by atoms with Crippen LogP contribution in [0.15, 0.2) is 12.2 Å². The van der Waals surface area contributed by atoms with Crippen LogP contribution in [0.3, 0.4) is 0 Å². The Balaban J connectivity index is 3.25. The molecule has 0 bridgehead atoms. The molecule has 0 unspecified atom stereocenters. The first-order chi connectivity index (χ1) is 12.6. The van der Waals surface area contributed by atoms with E-state index >= 15 is 0 Å². The second-order valence-electron chi connectivity index (χ2n) is 7.25. The zero-order valence-electron chi connectivity index (χ0n) is 17.4. The number of unbranched alkanes of at least 4 members (excludes halogenated alkanes) is 12. The average Bonchev–Trinajstić information content (AvgIpc) is 2.62. The van der Waals surface area contributed by atoms with Crippen molar-refractivity contribution in [3.63, 3.8) is 0 Å². The minimum absolute atomic E-state index is 0.163. The number of hydrogen-bond donors (Lipinski definition) is 2. The quantitative estimate of drug-likeness (QED) is 0.224. The first-order valence-corrected chi connectivity index (χ1v) is 12.5. The van der Waals surface area contributed by atoms with Gasteiger partial charge >= 0.3 is 0 Å². The van der Waals surface area contributed by atoms with Crippen LogP contribution in [-0.4, -0.2) is 34.3 Å². The first kappa shape index (κ1) is 25.6. The van der Waals surface area contributed by atoms with Gasteiger partial charge in [-0.25, -0.2) is 13.1 Å². The molecule has 0 aromatic rings. The summed E-state index contributed by atoms with van der Waals surface area (Å²) in [5.74, 6) is 0.163. The van der Waals surface area contributed by atoms with Gasteiger partial charge in [-0.2, -0.15) is 0 Å². The van der Waals surface area contributed by atoms with Gasteiger partial charge in [0.2, 0.25) is 10.0 Å². The zero-order valence-corrected chi connectivity index (χ0v) is 18.2. The van der Waals surface area contributed by atoms with Gasteiger partial charge in [0.25, 0.3) is 0 Å². The Bertz CT molecular complexity index is 408. The maximum Gasteiger partial charge on any atom is 0.212 e. The maximum atomic E-state index is 11.6. The summed E-state index contributed by atoms with van der Waals surface area (Å²) in [6.07, 6.45) is 22.5. The van der Waals surface area contributed by atoms with Gasteiger partial charge in [0.1, 0.15) is 0 Å². The minimum atomic E-state index is -3.08. The number of rotatable bonds is 20. The van der Waals surface area contributed by atoms with E-state index in [4.69, 9.17) is 0 Å². The van der Waals surface area contributed by atoms with Gasteiger partial charge in [0.15, 0.2) is 0 Å². The molecule has 2 N–H and O–H groups in total. The smallest absolute Gasteiger partial charge is 0.212 e. The van der Waals surface area contributed by atoms with Crippen molar-refractivity contribution in [2.24, 2.45) is 0 Å². The van der Waals surface area contributed by atoms with Gasteiger partial charge in [-0.1, -0.05) is 76.9 Å². The number of sulfonamides is 1. The third-order valence-corrected chi connectivity index (χ3v) is 6.02. The van der Waals surface area contributed by atoms with Crippen molar-refractivity contribution in [2.45, 2.75) is 96.8 Å². The molecule has 0 fully saturated rings. The number of allylic oxidation sites excluding steroid dienone is 2. The summed E-state index contributed by atoms with van der Waals surface area (Å²) in [6.45, 7) is 3.34. The predicted octanol–water partition coefficient (Wildman–Crippen LogP) is 5.16. The van der Waals surface area contributed by atoms with Crippen LogP contribution in [0.1, 0.15) is 96.8 Å². The van der Waals surface area contributed by atoms with Crippen molar-refractivity contribution in [2.75, 3.05) is 25.9 Å². The number of nitrogens with one attached hydrogen (secondary N) is 2. The molecular weight excluding hydrogens is 344 g/mol. The third-order valence-electron chi connectivity index (χ3n) is 4.63. The van der Waals surface area contributed by atoms with Crippen LogP contribution in [-0.2, 0) is 10.0 Å². The van der Waals surface area contributed by atoms with E-state index in [0.29, 0.717) is 13.1 Å². The Labute approximate surface area is 163 Å². The largest absolute Gasteiger partial charge is 0.319 e. The first-order valence-electron chi connectivity index (χ1n) is 10.9. The monoisotopic (exact) mass is 388 g/mol. The standard InChI is InChI=1S/C21H44N2O2S/c1-3-4-5-6-7-8-9-10-11-12-13-14-15-16-17-18-19-23-26(24,25)21-20-22-2/h10-11,22-23H,3-9,12-21H2,1-2H3/b11-10-. The fraction of sp³-hybridized carbons (Fsp3) is 0.905. The van der Waals surface area contributed by atoms with Gasteiger partial charge in [0.05, 0.1) is 5.75 Å². The van der Waals surface area contributed by atoms with E-state index in [2.05, 4.69) is 29.1 Å². The molecule has 0 atom stereocenters. The topological polar surface area (TPSA) is 58.2 Å². The highest BCUT2D eigenvalue weighted by atomic mass is 32.2. The van der Waals surface area contributed by atoms with Crippen LogP contribution in [0.25, 0.3) is 0 Å². The van der Waals surface area contributed by atoms with Crippen LogP contribution in [0.5, 0.6) is 0 Å². The van der Waals surface area contributed by atoms with Crippen LogP contribution in [0, 0.1) is 0 Å². The van der Waals surface area contributed by atoms with Crippen molar-refractivity contribution in [3.05, 3.63) is 12.2 Å². The second-order valence-corrected chi connectivity index (χ2v) is 9.18. The Morgan fingerprint density at radius 3 is 1.73 bits per heavy atom. The molecule has 0 aliphatic heterocycles. The van der Waals surface area contributed by atoms with Crippen LogP contribution in [0.4, 0.5) is 0 Å². The number of hydrogen-bond acceptors (Lipinski definition) is 3. The lowest BCUT2D eigenvalue weighted by Crippen LogP contribution is -2.31. The highest BCUT2D eigenvalue weighted by Gasteiger charge is 2.07. The fourth-order valence-electron chi connectivity index (χ4n) is 2.91. The molecule has 0 rings (SSSR count). The summed E-state index contributed by atoms with van der Waals surface area (Å²) in [5.41, 5.74) is 0. The molecule has 0 amide bonds. The van der Waals surface area contributed by atoms with E-state index in [0.717, 1.165) is 12.8 Å². The molecule has 0 aliphatic rings. The summed E-state index contributed by atoms with van der Waals surface area (Å²) < 4.78 is 25.9. The van der Waals surface area contributed by atoms with E-state index in [-0.39, 0.29) is 5.75 Å². The van der Waals surface area contributed by atoms with E-state index in [1.54, 1.807) is 7.05 Å². The minimum Gasteiger partial charge on any atom is -0.319 e. The maximum absolute atomic E-state index is 11.6. The van der Waals surface area contributed by atoms with Crippen LogP contribution in [0.2, 0.25) is 0 Å². The zero-order chi connectivity index (χ0) is 19.3. The predicted molar refractivity (Wildman–Crippen MR) is 115 cm³/mol. The molecule has 0 heterocycles. The Hall–Kier alpha value is -0.390. The summed E-state index contributed by atoms with van der Waals surface area (Å²) in [6, 6.07) is 0. The van der Waals surface area contributed by atoms with Crippen LogP contribution >= 0.6 is 0 Å². The van der Waals surface area contributed by atoms with Gasteiger partial charge in [-0.05, 0) is 39.2 Å². The summed E-state index contributed by atoms with van der Waals surface area (Å²) in [4.78, 5) is 0. The van der Waals surface area contributed by atoms with Crippen molar-refractivity contribution in [1.29, 1.82) is 0 Å². The summed E-state index contributed by atoms with van der Waals surface area (Å²) in [7, 11) is -1.32. The lowest BCUT2D eigenvalue weighted by atomic mass is 10.1. The molecule has 0 saturated heterocycles. The van der Waals surface area contributed by atoms with E-state index in [1.165, 1.54) is 77.0 Å². The average molecular weight is 389 g/mol. The molecular formula is C21H44N2O2S. The molecule has 5 heteroatoms. The highest BCUT2D eigenvalue weighted by Crippen LogP contribution is 2.09. The Morgan fingerprint density at radius 1 is 0.692 bits per heavy atom. The highest BCUT2D eigenvalue weighted by molar-refractivity contribution is 7.89. The van der Waals surface area contributed by atoms with Gasteiger partial charge in [-0.3, -0.25) is 0 Å². The van der Waals surface area contributed by atoms with Crippen molar-refractivity contribution < 1.29 is 8.42 Å². The van der Waals surface area contributed by atoms with Crippen molar-refractivity contribution >= 4 is 10.0 Å².